The molecule has 0 radical (unpaired) electrons. The summed E-state index contributed by atoms with van der Waals surface area (Å²) in [5, 5.41) is 2.62. The van der Waals surface area contributed by atoms with E-state index in [-0.39, 0.29) is 0 Å². The van der Waals surface area contributed by atoms with Crippen molar-refractivity contribution in [1.29, 1.82) is 0 Å². The summed E-state index contributed by atoms with van der Waals surface area (Å²) in [7, 11) is 0. The second-order valence-corrected chi connectivity index (χ2v) is 3.29. The van der Waals surface area contributed by atoms with E-state index >= 15 is 0 Å². The number of ether oxygens (including phenoxy) is 1. The van der Waals surface area contributed by atoms with Crippen LogP contribution in [0.2, 0.25) is 0 Å². The van der Waals surface area contributed by atoms with E-state index in [1.165, 1.54) is 10.8 Å². The van der Waals surface area contributed by atoms with Crippen molar-refractivity contribution in [3.63, 3.8) is 0 Å². The Morgan fingerprint density at radius 1 is 0.944 bits per heavy atom. The minimum atomic E-state index is -4.59. The lowest BCUT2D eigenvalue weighted by Crippen LogP contribution is -2.12. The van der Waals surface area contributed by atoms with Crippen molar-refractivity contribution in [1.82, 2.24) is 0 Å². The van der Waals surface area contributed by atoms with Crippen molar-refractivity contribution in [2.75, 3.05) is 6.61 Å². The van der Waals surface area contributed by atoms with Crippen molar-refractivity contribution in [2.45, 2.75) is 6.36 Å². The van der Waals surface area contributed by atoms with Gasteiger partial charge in [0.05, 0.1) is 0 Å². The topological polar surface area (TPSA) is 9.23 Å². The third-order valence-electron chi connectivity index (χ3n) is 1.98. The van der Waals surface area contributed by atoms with Crippen LogP contribution in [0.15, 0.2) is 48.5 Å². The van der Waals surface area contributed by atoms with Crippen LogP contribution in [0.4, 0.5) is 13.2 Å². The summed E-state index contributed by atoms with van der Waals surface area (Å²) in [6.45, 7) is -0.719. The molecule has 1 nitrogen and oxygen atoms in total. The van der Waals surface area contributed by atoms with Gasteiger partial charge in [-0.2, -0.15) is 0 Å². The van der Waals surface area contributed by atoms with E-state index in [0.717, 1.165) is 0 Å². The fourth-order valence-corrected chi connectivity index (χ4v) is 1.26. The highest BCUT2D eigenvalue weighted by atomic mass is 19.4. The fourth-order valence-electron chi connectivity index (χ4n) is 1.26. The second kappa shape index (κ2) is 6.67. The monoisotopic (exact) mass is 252 g/mol. The van der Waals surface area contributed by atoms with Gasteiger partial charge in [-0.1, -0.05) is 54.5 Å². The van der Waals surface area contributed by atoms with Crippen LogP contribution < -0.4 is 0 Å². The number of alkyl halides is 3. The first-order valence-electron chi connectivity index (χ1n) is 5.11. The van der Waals surface area contributed by atoms with E-state index in [1.54, 1.807) is 5.92 Å². The Morgan fingerprint density at radius 2 is 1.33 bits per heavy atom. The summed E-state index contributed by atoms with van der Waals surface area (Å²) < 4.78 is 35.9. The summed E-state index contributed by atoms with van der Waals surface area (Å²) in [6.07, 6.45) is -0.130. The van der Waals surface area contributed by atoms with Gasteiger partial charge in [0.25, 0.3) is 0 Å². The fraction of sp³-hybridized carbons (Fsp3) is 0.143. The van der Waals surface area contributed by atoms with Crippen LogP contribution in [-0.2, 0) is 4.74 Å². The first kappa shape index (κ1) is 14.1. The van der Waals surface area contributed by atoms with Gasteiger partial charge in [0.15, 0.2) is 0 Å². The molecule has 4 heteroatoms. The maximum absolute atomic E-state index is 10.9. The highest BCUT2D eigenvalue weighted by Gasteiger charge is 2.28. The summed E-state index contributed by atoms with van der Waals surface area (Å²) in [5.41, 5.74) is 0. The molecule has 0 N–H and O–H groups in total. The maximum Gasteiger partial charge on any atom is 0.523 e. The molecule has 94 valence electrons. The van der Waals surface area contributed by atoms with Gasteiger partial charge in [-0.25, -0.2) is 0 Å². The highest BCUT2D eigenvalue weighted by molar-refractivity contribution is 5.81. The zero-order valence-corrected chi connectivity index (χ0v) is 9.45. The molecule has 0 unspecified atom stereocenters. The Bertz CT molecular complexity index is 461. The molecule has 0 saturated carbocycles. The Labute approximate surface area is 103 Å². The molecule has 0 amide bonds. The van der Waals surface area contributed by atoms with Crippen LogP contribution in [0.3, 0.4) is 0 Å². The molecular formula is C14H11F3O. The molecule has 0 aromatic heterocycles. The van der Waals surface area contributed by atoms with E-state index < -0.39 is 13.0 Å². The molecule has 2 aromatic carbocycles. The molecule has 0 aliphatic heterocycles. The summed E-state index contributed by atoms with van der Waals surface area (Å²) in [4.78, 5) is 0. The Morgan fingerprint density at radius 3 is 1.56 bits per heavy atom. The molecule has 0 fully saturated rings. The molecule has 0 bridgehead atoms. The number of hydrogen-bond donors (Lipinski definition) is 0. The van der Waals surface area contributed by atoms with Crippen LogP contribution >= 0.6 is 0 Å². The highest BCUT2D eigenvalue weighted by Crippen LogP contribution is 2.14. The number of benzene rings is 2. The lowest BCUT2D eigenvalue weighted by molar-refractivity contribution is -0.318. The predicted molar refractivity (Wildman–Crippen MR) is 64.8 cm³/mol. The lowest BCUT2D eigenvalue weighted by Gasteiger charge is -2.01. The third kappa shape index (κ3) is 5.37. The Balaban J connectivity index is 0.000000187. The van der Waals surface area contributed by atoms with E-state index in [0.29, 0.717) is 0 Å². The minimum Gasteiger partial charge on any atom is -0.279 e. The number of fused-ring (bicyclic) bond motifs is 1. The molecule has 0 aliphatic carbocycles. The van der Waals surface area contributed by atoms with E-state index in [2.05, 4.69) is 59.7 Å². The van der Waals surface area contributed by atoms with Gasteiger partial charge in [0, 0.05) is 0 Å². The number of hydrogen-bond acceptors (Lipinski definition) is 1. The predicted octanol–water partition coefficient (Wildman–Crippen LogP) is 4.00. The average molecular weight is 252 g/mol. The van der Waals surface area contributed by atoms with Crippen molar-refractivity contribution in [3.8, 4) is 12.3 Å². The van der Waals surface area contributed by atoms with E-state index in [1.807, 2.05) is 0 Å². The lowest BCUT2D eigenvalue weighted by atomic mass is 10.1. The first-order valence-corrected chi connectivity index (χ1v) is 5.11. The normalized spacial score (nSPS) is 10.3. The number of halogens is 3. The van der Waals surface area contributed by atoms with Gasteiger partial charge in [-0.05, 0) is 10.8 Å². The molecule has 2 aromatic rings. The quantitative estimate of drug-likeness (QED) is 0.697. The molecular weight excluding hydrogens is 241 g/mol. The van der Waals surface area contributed by atoms with Gasteiger partial charge in [0.2, 0.25) is 0 Å². The molecule has 0 atom stereocenters. The van der Waals surface area contributed by atoms with Crippen molar-refractivity contribution in [3.05, 3.63) is 48.5 Å². The maximum atomic E-state index is 10.9. The molecule has 0 aliphatic rings. The summed E-state index contributed by atoms with van der Waals surface area (Å²) in [6, 6.07) is 16.7. The molecule has 0 saturated heterocycles. The zero-order valence-electron chi connectivity index (χ0n) is 9.45. The first-order chi connectivity index (χ1) is 8.53. The Hall–Kier alpha value is -1.99. The van der Waals surface area contributed by atoms with Crippen LogP contribution in [0.1, 0.15) is 0 Å². The van der Waals surface area contributed by atoms with Crippen LogP contribution in [0.25, 0.3) is 10.8 Å². The summed E-state index contributed by atoms with van der Waals surface area (Å²) in [5.74, 6) is 1.68. The van der Waals surface area contributed by atoms with Gasteiger partial charge < -0.3 is 0 Å². The van der Waals surface area contributed by atoms with Crippen molar-refractivity contribution >= 4 is 10.8 Å². The van der Waals surface area contributed by atoms with E-state index in [9.17, 15) is 13.2 Å². The standard InChI is InChI=1S/C10H8.C4H3F3O/c1-2-6-10-8-4-3-7-9(10)5-1;1-2-3-8-4(5,6)7/h1-8H;1H,3H2. The SMILES string of the molecule is C#CCOC(F)(F)F.c1ccc2ccccc2c1. The summed E-state index contributed by atoms with van der Waals surface area (Å²) >= 11 is 0. The van der Waals surface area contributed by atoms with Gasteiger partial charge in [0.1, 0.15) is 6.61 Å². The average Bonchev–Trinajstić information content (AvgIpc) is 2.36. The third-order valence-corrected chi connectivity index (χ3v) is 1.98. The van der Waals surface area contributed by atoms with E-state index in [4.69, 9.17) is 0 Å². The molecule has 0 heterocycles. The van der Waals surface area contributed by atoms with Gasteiger partial charge in [-0.3, -0.25) is 4.74 Å². The largest absolute Gasteiger partial charge is 0.523 e. The smallest absolute Gasteiger partial charge is 0.279 e. The molecule has 0 spiro atoms. The zero-order chi connectivity index (χ0) is 13.4. The molecule has 2 rings (SSSR count). The van der Waals surface area contributed by atoms with Crippen molar-refractivity contribution in [2.24, 2.45) is 0 Å². The van der Waals surface area contributed by atoms with Crippen LogP contribution in [-0.4, -0.2) is 13.0 Å². The van der Waals surface area contributed by atoms with Gasteiger partial charge in [-0.15, -0.1) is 19.6 Å². The van der Waals surface area contributed by atoms with Gasteiger partial charge >= 0.3 is 6.36 Å². The number of rotatable bonds is 1. The van der Waals surface area contributed by atoms with Crippen LogP contribution in [0, 0.1) is 12.3 Å². The minimum absolute atomic E-state index is 0.719. The molecule has 18 heavy (non-hydrogen) atoms. The number of terminal acetylenes is 1. The second-order valence-electron chi connectivity index (χ2n) is 3.29. The van der Waals surface area contributed by atoms with Crippen molar-refractivity contribution < 1.29 is 17.9 Å². The Kier molecular flexibility index (Phi) is 5.22. The van der Waals surface area contributed by atoms with Crippen LogP contribution in [0.5, 0.6) is 0 Å².